The fraction of sp³-hybridized carbons (Fsp3) is 0.556. The minimum atomic E-state index is -4.63. The lowest BCUT2D eigenvalue weighted by Gasteiger charge is -2.10. The maximum atomic E-state index is 12.5. The molecule has 1 aromatic rings. The number of halogens is 5. The zero-order valence-corrected chi connectivity index (χ0v) is 9.17. The predicted octanol–water partition coefficient (Wildman–Crippen LogP) is 2.59. The first-order valence-electron chi connectivity index (χ1n) is 4.83. The minimum Gasteiger partial charge on any atom is -0.468 e. The van der Waals surface area contributed by atoms with Crippen molar-refractivity contribution in [3.8, 4) is 5.88 Å². The summed E-state index contributed by atoms with van der Waals surface area (Å²) < 4.78 is 66.1. The zero-order valence-electron chi connectivity index (χ0n) is 9.17. The first kappa shape index (κ1) is 14.4. The molecule has 0 unspecified atom stereocenters. The first-order chi connectivity index (χ1) is 8.30. The van der Waals surface area contributed by atoms with Crippen LogP contribution in [-0.4, -0.2) is 28.8 Å². The maximum absolute atomic E-state index is 12.5. The van der Waals surface area contributed by atoms with Crippen LogP contribution in [0.5, 0.6) is 5.88 Å². The third-order valence-corrected chi connectivity index (χ3v) is 1.97. The largest absolute Gasteiger partial charge is 0.468 e. The number of rotatable bonds is 5. The third-order valence-electron chi connectivity index (χ3n) is 1.97. The molecule has 0 aliphatic rings. The van der Waals surface area contributed by atoms with Crippen molar-refractivity contribution in [3.63, 3.8) is 0 Å². The molecule has 0 atom stereocenters. The number of carbonyl (C=O) groups excluding carboxylic acids is 1. The van der Waals surface area contributed by atoms with E-state index in [9.17, 15) is 26.7 Å². The maximum Gasteiger partial charge on any atom is 0.422 e. The second-order valence-electron chi connectivity index (χ2n) is 3.24. The quantitative estimate of drug-likeness (QED) is 0.611. The Morgan fingerprint density at radius 2 is 2.06 bits per heavy atom. The Morgan fingerprint density at radius 1 is 1.44 bits per heavy atom. The number of nitrogens with zero attached hydrogens (tertiary/aromatic N) is 2. The Morgan fingerprint density at radius 3 is 2.44 bits per heavy atom. The number of ether oxygens (including phenoxy) is 1. The van der Waals surface area contributed by atoms with Gasteiger partial charge in [0.2, 0.25) is 5.88 Å². The Hall–Kier alpha value is -1.67. The summed E-state index contributed by atoms with van der Waals surface area (Å²) in [5, 5.41) is 3.34. The molecule has 0 saturated carbocycles. The molecule has 0 fully saturated rings. The molecular weight excluding hydrogens is 263 g/mol. The van der Waals surface area contributed by atoms with E-state index in [1.54, 1.807) is 0 Å². The molecule has 0 aromatic carbocycles. The smallest absolute Gasteiger partial charge is 0.422 e. The molecule has 0 aliphatic heterocycles. The number of aldehydes is 1. The molecule has 1 heterocycles. The van der Waals surface area contributed by atoms with Crippen LogP contribution < -0.4 is 4.74 Å². The molecule has 18 heavy (non-hydrogen) atoms. The van der Waals surface area contributed by atoms with Crippen LogP contribution >= 0.6 is 0 Å². The van der Waals surface area contributed by atoms with Crippen molar-refractivity contribution >= 4 is 6.29 Å². The molecule has 0 saturated heterocycles. The van der Waals surface area contributed by atoms with Crippen molar-refractivity contribution in [2.24, 2.45) is 0 Å². The number of hydrogen-bond donors (Lipinski definition) is 0. The molecule has 9 heteroatoms. The number of alkyl halides is 5. The number of aryl methyl sites for hydroxylation is 1. The van der Waals surface area contributed by atoms with E-state index in [2.05, 4.69) is 9.84 Å². The third kappa shape index (κ3) is 3.17. The van der Waals surface area contributed by atoms with E-state index in [0.29, 0.717) is 0 Å². The monoisotopic (exact) mass is 272 g/mol. The Kier molecular flexibility index (Phi) is 4.25. The van der Waals surface area contributed by atoms with Crippen LogP contribution in [0.2, 0.25) is 0 Å². The van der Waals surface area contributed by atoms with Crippen molar-refractivity contribution in [2.75, 3.05) is 6.61 Å². The molecule has 0 spiro atoms. The highest BCUT2D eigenvalue weighted by atomic mass is 19.4. The molecule has 0 aliphatic carbocycles. The van der Waals surface area contributed by atoms with Gasteiger partial charge in [0, 0.05) is 6.54 Å². The molecule has 4 nitrogen and oxygen atoms in total. The summed E-state index contributed by atoms with van der Waals surface area (Å²) in [6.07, 6.45) is -7.69. The van der Waals surface area contributed by atoms with Gasteiger partial charge < -0.3 is 4.74 Å². The molecule has 0 N–H and O–H groups in total. The van der Waals surface area contributed by atoms with Crippen molar-refractivity contribution in [2.45, 2.75) is 26.1 Å². The van der Waals surface area contributed by atoms with E-state index in [1.807, 2.05) is 0 Å². The summed E-state index contributed by atoms with van der Waals surface area (Å²) in [4.78, 5) is 10.7. The average Bonchev–Trinajstić information content (AvgIpc) is 2.62. The van der Waals surface area contributed by atoms with Gasteiger partial charge in [0.1, 0.15) is 11.3 Å². The van der Waals surface area contributed by atoms with Gasteiger partial charge in [0.25, 0.3) is 6.43 Å². The highest BCUT2D eigenvalue weighted by Crippen LogP contribution is 2.29. The Bertz CT molecular complexity index is 427. The molecule has 1 aromatic heterocycles. The summed E-state index contributed by atoms with van der Waals surface area (Å²) in [5.74, 6) is -0.597. The summed E-state index contributed by atoms with van der Waals surface area (Å²) in [6, 6.07) is 0. The molecule has 0 bridgehead atoms. The highest BCUT2D eigenvalue weighted by Gasteiger charge is 2.31. The fourth-order valence-corrected chi connectivity index (χ4v) is 1.27. The lowest BCUT2D eigenvalue weighted by molar-refractivity contribution is -0.154. The van der Waals surface area contributed by atoms with E-state index >= 15 is 0 Å². The van der Waals surface area contributed by atoms with Gasteiger partial charge in [-0.15, -0.1) is 0 Å². The highest BCUT2D eigenvalue weighted by molar-refractivity contribution is 5.80. The standard InChI is InChI=1S/C9H9F5N2O2/c1-2-16-8(18-4-9(12,13)14)5(3-17)6(15-16)7(10)11/h3,7H,2,4H2,1H3. The van der Waals surface area contributed by atoms with Gasteiger partial charge in [-0.3, -0.25) is 4.79 Å². The van der Waals surface area contributed by atoms with Crippen LogP contribution in [-0.2, 0) is 6.54 Å². The van der Waals surface area contributed by atoms with Gasteiger partial charge in [-0.1, -0.05) is 0 Å². The van der Waals surface area contributed by atoms with Crippen molar-refractivity contribution in [1.82, 2.24) is 9.78 Å². The number of hydrogen-bond acceptors (Lipinski definition) is 3. The van der Waals surface area contributed by atoms with E-state index in [0.717, 1.165) is 4.68 Å². The molecular formula is C9H9F5N2O2. The van der Waals surface area contributed by atoms with Gasteiger partial charge in [-0.25, -0.2) is 13.5 Å². The van der Waals surface area contributed by atoms with Crippen LogP contribution in [0.25, 0.3) is 0 Å². The first-order valence-corrected chi connectivity index (χ1v) is 4.83. The summed E-state index contributed by atoms with van der Waals surface area (Å²) >= 11 is 0. The second kappa shape index (κ2) is 5.32. The molecule has 0 radical (unpaired) electrons. The lowest BCUT2D eigenvalue weighted by Crippen LogP contribution is -2.21. The van der Waals surface area contributed by atoms with Crippen LogP contribution in [0.4, 0.5) is 22.0 Å². The summed E-state index contributed by atoms with van der Waals surface area (Å²) in [6.45, 7) is -0.208. The van der Waals surface area contributed by atoms with Gasteiger partial charge in [-0.05, 0) is 6.92 Å². The van der Waals surface area contributed by atoms with E-state index in [4.69, 9.17) is 0 Å². The van der Waals surface area contributed by atoms with Crippen LogP contribution in [0.15, 0.2) is 0 Å². The molecule has 0 amide bonds. The van der Waals surface area contributed by atoms with Gasteiger partial charge in [0.05, 0.1) is 0 Å². The summed E-state index contributed by atoms with van der Waals surface area (Å²) in [7, 11) is 0. The molecule has 102 valence electrons. The van der Waals surface area contributed by atoms with Crippen LogP contribution in [0, 0.1) is 0 Å². The van der Waals surface area contributed by atoms with Gasteiger partial charge in [0.15, 0.2) is 12.9 Å². The normalized spacial score (nSPS) is 11.9. The minimum absolute atomic E-state index is 0.000745. The van der Waals surface area contributed by atoms with E-state index in [1.165, 1.54) is 6.92 Å². The van der Waals surface area contributed by atoms with Crippen molar-refractivity contribution < 1.29 is 31.5 Å². The zero-order chi connectivity index (χ0) is 13.9. The van der Waals surface area contributed by atoms with E-state index in [-0.39, 0.29) is 12.8 Å². The number of carbonyl (C=O) groups is 1. The Balaban J connectivity index is 3.11. The SMILES string of the molecule is CCn1nc(C(F)F)c(C=O)c1OCC(F)(F)F. The van der Waals surface area contributed by atoms with Gasteiger partial charge >= 0.3 is 6.18 Å². The molecule has 1 rings (SSSR count). The average molecular weight is 272 g/mol. The van der Waals surface area contributed by atoms with Crippen molar-refractivity contribution in [1.29, 1.82) is 0 Å². The van der Waals surface area contributed by atoms with Gasteiger partial charge in [-0.2, -0.15) is 18.3 Å². The topological polar surface area (TPSA) is 44.1 Å². The van der Waals surface area contributed by atoms with Crippen LogP contribution in [0.3, 0.4) is 0 Å². The lowest BCUT2D eigenvalue weighted by atomic mass is 10.2. The Labute approximate surface area is 98.3 Å². The fourth-order valence-electron chi connectivity index (χ4n) is 1.27. The summed E-state index contributed by atoms with van der Waals surface area (Å²) in [5.41, 5.74) is -1.54. The van der Waals surface area contributed by atoms with Crippen molar-refractivity contribution in [3.05, 3.63) is 11.3 Å². The van der Waals surface area contributed by atoms with E-state index < -0.39 is 36.3 Å². The van der Waals surface area contributed by atoms with Crippen LogP contribution in [0.1, 0.15) is 29.4 Å². The second-order valence-corrected chi connectivity index (χ2v) is 3.24. The predicted molar refractivity (Wildman–Crippen MR) is 49.8 cm³/mol. The number of aromatic nitrogens is 2.